The zero-order valence-electron chi connectivity index (χ0n) is 12.3. The van der Waals surface area contributed by atoms with E-state index in [-0.39, 0.29) is 5.91 Å². The number of carbonyl (C=O) groups excluding carboxylic acids is 1. The van der Waals surface area contributed by atoms with E-state index < -0.39 is 0 Å². The van der Waals surface area contributed by atoms with Gasteiger partial charge < -0.3 is 5.32 Å². The van der Waals surface area contributed by atoms with Gasteiger partial charge in [0.05, 0.1) is 0 Å². The van der Waals surface area contributed by atoms with Crippen LogP contribution >= 0.6 is 22.6 Å². The third-order valence-electron chi connectivity index (χ3n) is 3.81. The molecular formula is C18H20INO. The van der Waals surface area contributed by atoms with Crippen molar-refractivity contribution < 1.29 is 4.79 Å². The summed E-state index contributed by atoms with van der Waals surface area (Å²) in [6, 6.07) is 18.2. The molecule has 110 valence electrons. The number of rotatable bonds is 5. The minimum Gasteiger partial charge on any atom is -0.326 e. The lowest BCUT2D eigenvalue weighted by Gasteiger charge is -2.20. The maximum atomic E-state index is 12.1. The lowest BCUT2D eigenvalue weighted by Crippen LogP contribution is -2.18. The van der Waals surface area contributed by atoms with Gasteiger partial charge in [0.25, 0.3) is 0 Å². The van der Waals surface area contributed by atoms with Crippen LogP contribution in [-0.2, 0) is 4.79 Å². The molecule has 0 radical (unpaired) electrons. The van der Waals surface area contributed by atoms with Crippen molar-refractivity contribution in [2.75, 3.05) is 5.32 Å². The summed E-state index contributed by atoms with van der Waals surface area (Å²) >= 11 is 2.25. The van der Waals surface area contributed by atoms with E-state index in [4.69, 9.17) is 0 Å². The fourth-order valence-electron chi connectivity index (χ4n) is 2.30. The summed E-state index contributed by atoms with van der Waals surface area (Å²) in [6.07, 6.45) is 0.530. The van der Waals surface area contributed by atoms with Crippen LogP contribution in [0.25, 0.3) is 0 Å². The van der Waals surface area contributed by atoms with Crippen LogP contribution in [0, 0.1) is 9.49 Å². The van der Waals surface area contributed by atoms with E-state index in [0.717, 1.165) is 9.26 Å². The number of nitrogens with one attached hydrogen (secondary N) is 1. The van der Waals surface area contributed by atoms with Crippen molar-refractivity contribution in [3.8, 4) is 0 Å². The van der Waals surface area contributed by atoms with Crippen molar-refractivity contribution in [3.63, 3.8) is 0 Å². The molecule has 0 heterocycles. The topological polar surface area (TPSA) is 29.1 Å². The van der Waals surface area contributed by atoms with E-state index in [0.29, 0.717) is 18.3 Å². The van der Waals surface area contributed by atoms with E-state index in [1.54, 1.807) is 0 Å². The predicted molar refractivity (Wildman–Crippen MR) is 96.4 cm³/mol. The quantitative estimate of drug-likeness (QED) is 0.707. The third-order valence-corrected chi connectivity index (χ3v) is 4.53. The maximum Gasteiger partial charge on any atom is 0.224 e. The van der Waals surface area contributed by atoms with Gasteiger partial charge in [0.15, 0.2) is 0 Å². The highest BCUT2D eigenvalue weighted by molar-refractivity contribution is 14.1. The molecule has 1 amide bonds. The van der Waals surface area contributed by atoms with Gasteiger partial charge >= 0.3 is 0 Å². The molecule has 0 spiro atoms. The Morgan fingerprint density at radius 2 is 1.67 bits per heavy atom. The van der Waals surface area contributed by atoms with Crippen LogP contribution in [0.2, 0.25) is 0 Å². The van der Waals surface area contributed by atoms with E-state index in [2.05, 4.69) is 53.9 Å². The molecule has 2 rings (SSSR count). The van der Waals surface area contributed by atoms with Gasteiger partial charge in [-0.1, -0.05) is 44.2 Å². The van der Waals surface area contributed by atoms with Crippen molar-refractivity contribution in [3.05, 3.63) is 63.7 Å². The second-order valence-electron chi connectivity index (χ2n) is 5.44. The largest absolute Gasteiger partial charge is 0.326 e. The van der Waals surface area contributed by atoms with Gasteiger partial charge in [0.1, 0.15) is 0 Å². The summed E-state index contributed by atoms with van der Waals surface area (Å²) in [5, 5.41) is 2.96. The number of anilines is 1. The summed E-state index contributed by atoms with van der Waals surface area (Å²) in [4.78, 5) is 12.1. The average Bonchev–Trinajstić information content (AvgIpc) is 2.49. The highest BCUT2D eigenvalue weighted by Crippen LogP contribution is 2.26. The van der Waals surface area contributed by atoms with Crippen LogP contribution in [0.1, 0.15) is 31.7 Å². The first kappa shape index (κ1) is 16.0. The van der Waals surface area contributed by atoms with Crippen molar-refractivity contribution in [1.29, 1.82) is 0 Å². The van der Waals surface area contributed by atoms with Gasteiger partial charge in [-0.05, 0) is 64.3 Å². The zero-order valence-corrected chi connectivity index (χ0v) is 14.5. The summed E-state index contributed by atoms with van der Waals surface area (Å²) in [5.41, 5.74) is 2.15. The van der Waals surface area contributed by atoms with E-state index in [9.17, 15) is 4.79 Å². The van der Waals surface area contributed by atoms with E-state index in [1.807, 2.05) is 42.5 Å². The molecule has 1 N–H and O–H groups in total. The lowest BCUT2D eigenvalue weighted by molar-refractivity contribution is -0.117. The Morgan fingerprint density at radius 3 is 2.29 bits per heavy atom. The second kappa shape index (κ2) is 7.59. The highest BCUT2D eigenvalue weighted by Gasteiger charge is 2.17. The van der Waals surface area contributed by atoms with Crippen LogP contribution in [0.4, 0.5) is 5.69 Å². The Bertz CT molecular complexity index is 580. The monoisotopic (exact) mass is 393 g/mol. The van der Waals surface area contributed by atoms with E-state index in [1.165, 1.54) is 5.56 Å². The molecule has 3 heteroatoms. The Balaban J connectivity index is 1.91. The molecule has 0 aliphatic rings. The van der Waals surface area contributed by atoms with Gasteiger partial charge in [-0.3, -0.25) is 4.79 Å². The number of halogens is 1. The minimum absolute atomic E-state index is 0.0755. The Labute approximate surface area is 140 Å². The van der Waals surface area contributed by atoms with Crippen molar-refractivity contribution in [2.45, 2.75) is 26.2 Å². The number of hydrogen-bond acceptors (Lipinski definition) is 1. The molecule has 2 nitrogen and oxygen atoms in total. The van der Waals surface area contributed by atoms with Crippen molar-refractivity contribution in [2.24, 2.45) is 5.92 Å². The van der Waals surface area contributed by atoms with Crippen LogP contribution in [-0.4, -0.2) is 5.91 Å². The molecule has 0 bridgehead atoms. The van der Waals surface area contributed by atoms with Crippen molar-refractivity contribution >= 4 is 34.2 Å². The normalized spacial score (nSPS) is 13.5. The van der Waals surface area contributed by atoms with Crippen LogP contribution in [0.5, 0.6) is 0 Å². The molecule has 0 aliphatic carbocycles. The van der Waals surface area contributed by atoms with Gasteiger partial charge in [0, 0.05) is 15.7 Å². The predicted octanol–water partition coefficient (Wildman–Crippen LogP) is 5.06. The summed E-state index contributed by atoms with van der Waals surface area (Å²) in [6.45, 7) is 4.31. The minimum atomic E-state index is 0.0755. The van der Waals surface area contributed by atoms with Gasteiger partial charge in [-0.15, -0.1) is 0 Å². The fraction of sp³-hybridized carbons (Fsp3) is 0.278. The third kappa shape index (κ3) is 4.84. The summed E-state index contributed by atoms with van der Waals surface area (Å²) in [5.74, 6) is 0.747. The Hall–Kier alpha value is -1.36. The first-order valence-corrected chi connectivity index (χ1v) is 8.24. The molecule has 0 aliphatic heterocycles. The molecule has 2 atom stereocenters. The number of amides is 1. The van der Waals surface area contributed by atoms with Crippen molar-refractivity contribution in [1.82, 2.24) is 0 Å². The van der Waals surface area contributed by atoms with Crippen LogP contribution in [0.3, 0.4) is 0 Å². The molecule has 2 aromatic carbocycles. The molecule has 0 aromatic heterocycles. The van der Waals surface area contributed by atoms with Gasteiger partial charge in [-0.25, -0.2) is 0 Å². The first-order valence-electron chi connectivity index (χ1n) is 7.16. The Kier molecular flexibility index (Phi) is 5.79. The molecule has 0 saturated heterocycles. The Morgan fingerprint density at radius 1 is 1.05 bits per heavy atom. The first-order chi connectivity index (χ1) is 10.1. The zero-order chi connectivity index (χ0) is 15.2. The molecule has 21 heavy (non-hydrogen) atoms. The smallest absolute Gasteiger partial charge is 0.224 e. The SMILES string of the molecule is CC(CC(=O)Nc1ccc(I)cc1)C(C)c1ccccc1. The van der Waals surface area contributed by atoms with E-state index >= 15 is 0 Å². The summed E-state index contributed by atoms with van der Waals surface area (Å²) in [7, 11) is 0. The number of carbonyl (C=O) groups is 1. The lowest BCUT2D eigenvalue weighted by atomic mass is 9.86. The number of hydrogen-bond donors (Lipinski definition) is 1. The second-order valence-corrected chi connectivity index (χ2v) is 6.68. The van der Waals surface area contributed by atoms with Crippen LogP contribution < -0.4 is 5.32 Å². The molecule has 2 unspecified atom stereocenters. The number of benzene rings is 2. The fourth-order valence-corrected chi connectivity index (χ4v) is 2.66. The standard InChI is InChI=1S/C18H20INO/c1-13(14(2)15-6-4-3-5-7-15)12-18(21)20-17-10-8-16(19)9-11-17/h3-11,13-14H,12H2,1-2H3,(H,20,21). The van der Waals surface area contributed by atoms with Gasteiger partial charge in [0.2, 0.25) is 5.91 Å². The molecular weight excluding hydrogens is 373 g/mol. The van der Waals surface area contributed by atoms with Gasteiger partial charge in [-0.2, -0.15) is 0 Å². The average molecular weight is 393 g/mol. The summed E-state index contributed by atoms with van der Waals surface area (Å²) < 4.78 is 1.16. The van der Waals surface area contributed by atoms with Crippen LogP contribution in [0.15, 0.2) is 54.6 Å². The highest BCUT2D eigenvalue weighted by atomic mass is 127. The molecule has 0 fully saturated rings. The molecule has 2 aromatic rings. The molecule has 0 saturated carbocycles. The maximum absolute atomic E-state index is 12.1.